The van der Waals surface area contributed by atoms with Gasteiger partial charge in [0.2, 0.25) is 10.0 Å². The number of sulfonamides is 1. The second-order valence-electron chi connectivity index (χ2n) is 4.07. The number of hydrogen-bond acceptors (Lipinski definition) is 3. The Kier molecular flexibility index (Phi) is 4.12. The molecular formula is C10H14BrNO3S. The van der Waals surface area contributed by atoms with E-state index in [1.807, 2.05) is 0 Å². The lowest BCUT2D eigenvalue weighted by Gasteiger charge is -2.18. The fourth-order valence-electron chi connectivity index (χ4n) is 1.01. The van der Waals surface area contributed by atoms with E-state index in [0.29, 0.717) is 4.47 Å². The summed E-state index contributed by atoms with van der Waals surface area (Å²) >= 11 is 3.17. The minimum atomic E-state index is -3.58. The Morgan fingerprint density at radius 1 is 1.38 bits per heavy atom. The predicted octanol–water partition coefficient (Wildman–Crippen LogP) is 1.50. The number of halogens is 1. The number of aliphatic hydroxyl groups is 1. The summed E-state index contributed by atoms with van der Waals surface area (Å²) in [5.74, 6) is 0. The second-order valence-corrected chi connectivity index (χ2v) is 6.66. The molecule has 0 saturated heterocycles. The van der Waals surface area contributed by atoms with Gasteiger partial charge in [0, 0.05) is 11.0 Å². The smallest absolute Gasteiger partial charge is 0.241 e. The zero-order valence-corrected chi connectivity index (χ0v) is 11.5. The highest BCUT2D eigenvalue weighted by atomic mass is 79.9. The van der Waals surface area contributed by atoms with Crippen molar-refractivity contribution in [2.75, 3.05) is 6.54 Å². The van der Waals surface area contributed by atoms with E-state index in [1.54, 1.807) is 18.2 Å². The van der Waals surface area contributed by atoms with Gasteiger partial charge in [-0.25, -0.2) is 13.1 Å². The molecule has 0 aliphatic rings. The minimum absolute atomic E-state index is 0.0311. The second kappa shape index (κ2) is 4.83. The van der Waals surface area contributed by atoms with Gasteiger partial charge in [-0.15, -0.1) is 0 Å². The monoisotopic (exact) mass is 307 g/mol. The van der Waals surface area contributed by atoms with Crippen molar-refractivity contribution in [2.24, 2.45) is 0 Å². The van der Waals surface area contributed by atoms with E-state index >= 15 is 0 Å². The van der Waals surface area contributed by atoms with Gasteiger partial charge < -0.3 is 5.11 Å². The summed E-state index contributed by atoms with van der Waals surface area (Å²) < 4.78 is 26.5. The average molecular weight is 308 g/mol. The van der Waals surface area contributed by atoms with E-state index in [0.717, 1.165) is 0 Å². The zero-order chi connectivity index (χ0) is 12.4. The highest BCUT2D eigenvalue weighted by Gasteiger charge is 2.21. The van der Waals surface area contributed by atoms with Crippen molar-refractivity contribution in [3.05, 3.63) is 28.7 Å². The molecule has 0 amide bonds. The van der Waals surface area contributed by atoms with Crippen molar-refractivity contribution < 1.29 is 13.5 Å². The van der Waals surface area contributed by atoms with E-state index < -0.39 is 15.6 Å². The average Bonchev–Trinajstić information content (AvgIpc) is 2.14. The molecule has 0 heterocycles. The first-order valence-electron chi connectivity index (χ1n) is 4.69. The lowest BCUT2D eigenvalue weighted by molar-refractivity contribution is 0.0857. The Morgan fingerprint density at radius 2 is 1.94 bits per heavy atom. The molecule has 0 spiro atoms. The third-order valence-corrected chi connectivity index (χ3v) is 4.23. The summed E-state index contributed by atoms with van der Waals surface area (Å²) in [7, 11) is -3.58. The fourth-order valence-corrected chi connectivity index (χ4v) is 3.22. The van der Waals surface area contributed by atoms with Crippen LogP contribution in [0.4, 0.5) is 0 Å². The van der Waals surface area contributed by atoms with E-state index in [2.05, 4.69) is 20.7 Å². The summed E-state index contributed by atoms with van der Waals surface area (Å²) in [6.07, 6.45) is 0. The van der Waals surface area contributed by atoms with Crippen LogP contribution in [0.25, 0.3) is 0 Å². The normalized spacial score (nSPS) is 12.8. The van der Waals surface area contributed by atoms with E-state index in [4.69, 9.17) is 0 Å². The molecule has 0 aliphatic carbocycles. The quantitative estimate of drug-likeness (QED) is 0.886. The molecular weight excluding hydrogens is 294 g/mol. The van der Waals surface area contributed by atoms with Gasteiger partial charge in [-0.3, -0.25) is 0 Å². The van der Waals surface area contributed by atoms with Crippen LogP contribution in [-0.2, 0) is 10.0 Å². The van der Waals surface area contributed by atoms with Gasteiger partial charge in [-0.2, -0.15) is 0 Å². The molecule has 0 bridgehead atoms. The van der Waals surface area contributed by atoms with Gasteiger partial charge in [-0.1, -0.05) is 12.1 Å². The molecule has 4 nitrogen and oxygen atoms in total. The molecule has 90 valence electrons. The maximum atomic E-state index is 11.8. The number of benzene rings is 1. The van der Waals surface area contributed by atoms with E-state index in [1.165, 1.54) is 19.9 Å². The fraction of sp³-hybridized carbons (Fsp3) is 0.400. The van der Waals surface area contributed by atoms with E-state index in [9.17, 15) is 13.5 Å². The zero-order valence-electron chi connectivity index (χ0n) is 9.07. The predicted molar refractivity (Wildman–Crippen MR) is 65.6 cm³/mol. The van der Waals surface area contributed by atoms with Gasteiger partial charge >= 0.3 is 0 Å². The molecule has 0 unspecified atom stereocenters. The van der Waals surface area contributed by atoms with Crippen molar-refractivity contribution >= 4 is 26.0 Å². The molecule has 6 heteroatoms. The van der Waals surface area contributed by atoms with Crippen molar-refractivity contribution in [1.82, 2.24) is 4.72 Å². The molecule has 1 aromatic rings. The van der Waals surface area contributed by atoms with Gasteiger partial charge in [-0.05, 0) is 41.9 Å². The third kappa shape index (κ3) is 3.86. The van der Waals surface area contributed by atoms with Crippen molar-refractivity contribution in [3.63, 3.8) is 0 Å². The van der Waals surface area contributed by atoms with Crippen LogP contribution in [0.3, 0.4) is 0 Å². The standard InChI is InChI=1S/C10H14BrNO3S/c1-10(2,13)7-12-16(14,15)9-6-4-3-5-8(9)11/h3-6,12-13H,7H2,1-2H3. The Hall–Kier alpha value is -0.430. The Bertz CT molecular complexity index is 465. The van der Waals surface area contributed by atoms with Crippen LogP contribution in [0, 0.1) is 0 Å². The highest BCUT2D eigenvalue weighted by Crippen LogP contribution is 2.20. The van der Waals surface area contributed by atoms with Crippen LogP contribution >= 0.6 is 15.9 Å². The molecule has 0 saturated carbocycles. The molecule has 0 aliphatic heterocycles. The van der Waals surface area contributed by atoms with Gasteiger partial charge in [0.15, 0.2) is 0 Å². The highest BCUT2D eigenvalue weighted by molar-refractivity contribution is 9.10. The van der Waals surface area contributed by atoms with Crippen LogP contribution in [0.5, 0.6) is 0 Å². The lowest BCUT2D eigenvalue weighted by Crippen LogP contribution is -2.38. The summed E-state index contributed by atoms with van der Waals surface area (Å²) in [4.78, 5) is 0.166. The van der Waals surface area contributed by atoms with Crippen LogP contribution in [0.15, 0.2) is 33.6 Å². The molecule has 2 N–H and O–H groups in total. The maximum absolute atomic E-state index is 11.8. The van der Waals surface area contributed by atoms with Crippen molar-refractivity contribution in [1.29, 1.82) is 0 Å². The van der Waals surface area contributed by atoms with Crippen LogP contribution in [-0.4, -0.2) is 25.7 Å². The SMILES string of the molecule is CC(C)(O)CNS(=O)(=O)c1ccccc1Br. The molecule has 0 radical (unpaired) electrons. The Morgan fingerprint density at radius 3 is 2.44 bits per heavy atom. The van der Waals surface area contributed by atoms with Crippen LogP contribution in [0.2, 0.25) is 0 Å². The van der Waals surface area contributed by atoms with Crippen molar-refractivity contribution in [2.45, 2.75) is 24.3 Å². The molecule has 0 fully saturated rings. The summed E-state index contributed by atoms with van der Waals surface area (Å²) in [6, 6.07) is 6.53. The third-order valence-electron chi connectivity index (χ3n) is 1.82. The van der Waals surface area contributed by atoms with Crippen molar-refractivity contribution in [3.8, 4) is 0 Å². The molecule has 16 heavy (non-hydrogen) atoms. The molecule has 0 atom stereocenters. The number of nitrogens with one attached hydrogen (secondary N) is 1. The largest absolute Gasteiger partial charge is 0.389 e. The van der Waals surface area contributed by atoms with E-state index in [-0.39, 0.29) is 11.4 Å². The summed E-state index contributed by atoms with van der Waals surface area (Å²) in [5.41, 5.74) is -1.08. The van der Waals surface area contributed by atoms with Gasteiger partial charge in [0.25, 0.3) is 0 Å². The molecule has 1 rings (SSSR count). The number of hydrogen-bond donors (Lipinski definition) is 2. The number of rotatable bonds is 4. The first-order valence-corrected chi connectivity index (χ1v) is 6.96. The lowest BCUT2D eigenvalue weighted by atomic mass is 10.1. The van der Waals surface area contributed by atoms with Crippen LogP contribution < -0.4 is 4.72 Å². The van der Waals surface area contributed by atoms with Gasteiger partial charge in [0.05, 0.1) is 10.5 Å². The Labute approximate surface area is 104 Å². The minimum Gasteiger partial charge on any atom is -0.389 e. The van der Waals surface area contributed by atoms with Gasteiger partial charge in [0.1, 0.15) is 0 Å². The molecule has 1 aromatic carbocycles. The van der Waals surface area contributed by atoms with Crippen LogP contribution in [0.1, 0.15) is 13.8 Å². The Balaban J connectivity index is 2.92. The first kappa shape index (κ1) is 13.6. The maximum Gasteiger partial charge on any atom is 0.241 e. The summed E-state index contributed by atoms with van der Waals surface area (Å²) in [5, 5.41) is 9.46. The molecule has 0 aromatic heterocycles. The first-order chi connectivity index (χ1) is 7.22. The summed E-state index contributed by atoms with van der Waals surface area (Å²) in [6.45, 7) is 3.04. The topological polar surface area (TPSA) is 66.4 Å².